The van der Waals surface area contributed by atoms with Gasteiger partial charge in [-0.25, -0.2) is 0 Å². The zero-order valence-electron chi connectivity index (χ0n) is 13.2. The highest BCUT2D eigenvalue weighted by molar-refractivity contribution is 5.55. The van der Waals surface area contributed by atoms with Crippen LogP contribution in [-0.4, -0.2) is 0 Å². The number of aryl methyl sites for hydroxylation is 1. The number of hydrogen-bond donors (Lipinski definition) is 0. The smallest absolute Gasteiger partial charge is 0.0228 e. The molecule has 1 atom stereocenters. The topological polar surface area (TPSA) is 0 Å². The third-order valence-electron chi connectivity index (χ3n) is 4.08. The van der Waals surface area contributed by atoms with E-state index in [1.54, 1.807) is 0 Å². The first-order valence-electron chi connectivity index (χ1n) is 7.90. The quantitative estimate of drug-likeness (QED) is 0.506. The van der Waals surface area contributed by atoms with Crippen molar-refractivity contribution in [1.29, 1.82) is 0 Å². The molecule has 0 N–H and O–H groups in total. The number of hydrogen-bond acceptors (Lipinski definition) is 0. The second-order valence-corrected chi connectivity index (χ2v) is 5.80. The van der Waals surface area contributed by atoms with E-state index in [4.69, 9.17) is 0 Å². The fourth-order valence-electron chi connectivity index (χ4n) is 2.56. The van der Waals surface area contributed by atoms with Crippen LogP contribution in [0.5, 0.6) is 0 Å². The number of rotatable bonds is 8. The van der Waals surface area contributed by atoms with Crippen LogP contribution in [0.1, 0.15) is 70.4 Å². The van der Waals surface area contributed by atoms with E-state index in [1.165, 1.54) is 55.2 Å². The van der Waals surface area contributed by atoms with Gasteiger partial charge >= 0.3 is 0 Å². The first-order valence-corrected chi connectivity index (χ1v) is 7.90. The highest BCUT2D eigenvalue weighted by atomic mass is 14.1. The molecule has 0 aliphatic rings. The molecule has 106 valence electrons. The minimum atomic E-state index is 0.917. The lowest BCUT2D eigenvalue weighted by Gasteiger charge is -2.14. The van der Waals surface area contributed by atoms with Gasteiger partial charge in [-0.1, -0.05) is 75.4 Å². The van der Waals surface area contributed by atoms with Crippen LogP contribution in [0.2, 0.25) is 0 Å². The van der Waals surface area contributed by atoms with E-state index >= 15 is 0 Å². The summed E-state index contributed by atoms with van der Waals surface area (Å²) in [5, 5.41) is 0. The van der Waals surface area contributed by atoms with Gasteiger partial charge in [-0.2, -0.15) is 0 Å². The molecule has 0 saturated carbocycles. The van der Waals surface area contributed by atoms with Gasteiger partial charge in [0.2, 0.25) is 0 Å². The van der Waals surface area contributed by atoms with Crippen LogP contribution in [0.4, 0.5) is 0 Å². The van der Waals surface area contributed by atoms with Crippen LogP contribution < -0.4 is 0 Å². The summed E-state index contributed by atoms with van der Waals surface area (Å²) in [4.78, 5) is 0. The lowest BCUT2D eigenvalue weighted by Crippen LogP contribution is -1.99. The standard InChI is InChI=1S/C19H30/c1-5-7-11-18(6-2)14-13-16(3)15-19-12-9-8-10-17(19)4/h8-10,12,15,18H,5-7,11,13-14H2,1-4H3/b16-15-. The molecule has 19 heavy (non-hydrogen) atoms. The molecule has 0 heterocycles. The normalized spacial score (nSPS) is 13.6. The molecule has 0 fully saturated rings. The maximum absolute atomic E-state index is 2.36. The van der Waals surface area contributed by atoms with Crippen LogP contribution in [0.15, 0.2) is 29.8 Å². The molecule has 1 unspecified atom stereocenters. The molecule has 0 spiro atoms. The van der Waals surface area contributed by atoms with Crippen LogP contribution in [0.25, 0.3) is 6.08 Å². The van der Waals surface area contributed by atoms with Gasteiger partial charge in [0.05, 0.1) is 0 Å². The van der Waals surface area contributed by atoms with E-state index in [9.17, 15) is 0 Å². The van der Waals surface area contributed by atoms with Crippen molar-refractivity contribution in [2.75, 3.05) is 0 Å². The Morgan fingerprint density at radius 2 is 1.89 bits per heavy atom. The van der Waals surface area contributed by atoms with Crippen LogP contribution in [0, 0.1) is 12.8 Å². The largest absolute Gasteiger partial charge is 0.0727 e. The van der Waals surface area contributed by atoms with E-state index in [0.29, 0.717) is 0 Å². The number of benzene rings is 1. The van der Waals surface area contributed by atoms with Crippen molar-refractivity contribution in [3.8, 4) is 0 Å². The van der Waals surface area contributed by atoms with Crippen molar-refractivity contribution >= 4 is 6.08 Å². The molecule has 0 saturated heterocycles. The van der Waals surface area contributed by atoms with Gasteiger partial charge in [-0.15, -0.1) is 0 Å². The molecule has 0 nitrogen and oxygen atoms in total. The predicted molar refractivity (Wildman–Crippen MR) is 87.4 cm³/mol. The summed E-state index contributed by atoms with van der Waals surface area (Å²) in [7, 11) is 0. The maximum Gasteiger partial charge on any atom is -0.0228 e. The average molecular weight is 258 g/mol. The second-order valence-electron chi connectivity index (χ2n) is 5.80. The fraction of sp³-hybridized carbons (Fsp3) is 0.579. The lowest BCUT2D eigenvalue weighted by molar-refractivity contribution is 0.421. The highest BCUT2D eigenvalue weighted by Crippen LogP contribution is 2.22. The molecular weight excluding hydrogens is 228 g/mol. The zero-order chi connectivity index (χ0) is 14.1. The Kier molecular flexibility index (Phi) is 7.55. The van der Waals surface area contributed by atoms with Gasteiger partial charge in [-0.05, 0) is 43.7 Å². The van der Waals surface area contributed by atoms with Crippen molar-refractivity contribution in [2.24, 2.45) is 5.92 Å². The molecule has 0 amide bonds. The Bertz CT molecular complexity index is 387. The molecule has 0 heteroatoms. The molecule has 0 bridgehead atoms. The molecule has 1 aromatic rings. The molecule has 1 aromatic carbocycles. The van der Waals surface area contributed by atoms with E-state index in [2.05, 4.69) is 58.0 Å². The molecular formula is C19H30. The summed E-state index contributed by atoms with van der Waals surface area (Å²) in [5.41, 5.74) is 4.27. The minimum absolute atomic E-state index is 0.917. The number of unbranched alkanes of at least 4 members (excludes halogenated alkanes) is 1. The van der Waals surface area contributed by atoms with Crippen molar-refractivity contribution in [1.82, 2.24) is 0 Å². The Hall–Kier alpha value is -1.04. The first kappa shape index (κ1) is 16.0. The van der Waals surface area contributed by atoms with Crippen LogP contribution in [-0.2, 0) is 0 Å². The van der Waals surface area contributed by atoms with Gasteiger partial charge < -0.3 is 0 Å². The fourth-order valence-corrected chi connectivity index (χ4v) is 2.56. The first-order chi connectivity index (χ1) is 9.17. The van der Waals surface area contributed by atoms with Gasteiger partial charge in [0.1, 0.15) is 0 Å². The lowest BCUT2D eigenvalue weighted by atomic mass is 9.92. The van der Waals surface area contributed by atoms with Gasteiger partial charge in [0.25, 0.3) is 0 Å². The zero-order valence-corrected chi connectivity index (χ0v) is 13.2. The summed E-state index contributed by atoms with van der Waals surface area (Å²) in [6, 6.07) is 8.64. The van der Waals surface area contributed by atoms with Crippen molar-refractivity contribution in [3.05, 3.63) is 41.0 Å². The highest BCUT2D eigenvalue weighted by Gasteiger charge is 2.06. The second kappa shape index (κ2) is 8.96. The van der Waals surface area contributed by atoms with Gasteiger partial charge in [-0.3, -0.25) is 0 Å². The predicted octanol–water partition coefficient (Wildman–Crippen LogP) is 6.39. The van der Waals surface area contributed by atoms with Gasteiger partial charge in [0.15, 0.2) is 0 Å². The third-order valence-corrected chi connectivity index (χ3v) is 4.08. The van der Waals surface area contributed by atoms with Crippen LogP contribution >= 0.6 is 0 Å². The molecule has 1 rings (SSSR count). The van der Waals surface area contributed by atoms with Crippen LogP contribution in [0.3, 0.4) is 0 Å². The minimum Gasteiger partial charge on any atom is -0.0727 e. The number of allylic oxidation sites excluding steroid dienone is 1. The molecule has 0 aromatic heterocycles. The SMILES string of the molecule is CCCCC(CC)CC/C(C)=C\c1ccccc1C. The summed E-state index contributed by atoms with van der Waals surface area (Å²) in [6.07, 6.45) is 10.4. The monoisotopic (exact) mass is 258 g/mol. The average Bonchev–Trinajstić information content (AvgIpc) is 2.41. The van der Waals surface area contributed by atoms with E-state index in [0.717, 1.165) is 5.92 Å². The Morgan fingerprint density at radius 1 is 1.16 bits per heavy atom. The third kappa shape index (κ3) is 6.09. The van der Waals surface area contributed by atoms with Gasteiger partial charge in [0, 0.05) is 0 Å². The van der Waals surface area contributed by atoms with E-state index < -0.39 is 0 Å². The summed E-state index contributed by atoms with van der Waals surface area (Å²) in [5.74, 6) is 0.917. The maximum atomic E-state index is 2.36. The summed E-state index contributed by atoms with van der Waals surface area (Å²) < 4.78 is 0. The van der Waals surface area contributed by atoms with Crippen molar-refractivity contribution < 1.29 is 0 Å². The molecule has 0 aliphatic carbocycles. The van der Waals surface area contributed by atoms with Crippen molar-refractivity contribution in [2.45, 2.75) is 66.2 Å². The van der Waals surface area contributed by atoms with E-state index in [-0.39, 0.29) is 0 Å². The van der Waals surface area contributed by atoms with E-state index in [1.807, 2.05) is 0 Å². The molecule has 0 radical (unpaired) electrons. The Balaban J connectivity index is 2.50. The van der Waals surface area contributed by atoms with Crippen molar-refractivity contribution in [3.63, 3.8) is 0 Å². The Morgan fingerprint density at radius 3 is 2.53 bits per heavy atom. The molecule has 0 aliphatic heterocycles. The summed E-state index contributed by atoms with van der Waals surface area (Å²) in [6.45, 7) is 9.09. The Labute approximate surface area is 119 Å². The summed E-state index contributed by atoms with van der Waals surface area (Å²) >= 11 is 0.